The number of rotatable bonds is 6. The number of benzene rings is 2. The van der Waals surface area contributed by atoms with Gasteiger partial charge in [0.05, 0.1) is 0 Å². The Morgan fingerprint density at radius 1 is 0.926 bits per heavy atom. The lowest BCUT2D eigenvalue weighted by Gasteiger charge is -2.10. The summed E-state index contributed by atoms with van der Waals surface area (Å²) in [6.07, 6.45) is 0.782. The van der Waals surface area contributed by atoms with E-state index in [9.17, 15) is 4.79 Å². The van der Waals surface area contributed by atoms with E-state index in [4.69, 9.17) is 0 Å². The Kier molecular flexibility index (Phi) is 5.81. The molecule has 0 aliphatic carbocycles. The lowest BCUT2D eigenvalue weighted by atomic mass is 10.1. The number of anilines is 2. The fourth-order valence-corrected chi connectivity index (χ4v) is 3.00. The van der Waals surface area contributed by atoms with Crippen molar-refractivity contribution in [2.24, 2.45) is 0 Å². The van der Waals surface area contributed by atoms with Crippen LogP contribution in [0, 0.1) is 20.8 Å². The predicted octanol–water partition coefficient (Wildman–Crippen LogP) is 4.12. The third kappa shape index (κ3) is 5.38. The average Bonchev–Trinajstić information content (AvgIpc) is 2.61. The summed E-state index contributed by atoms with van der Waals surface area (Å²) in [4.78, 5) is 21.1. The number of aryl methyl sites for hydroxylation is 3. The molecule has 138 valence electrons. The first kappa shape index (κ1) is 18.6. The SMILES string of the molecule is Cc1cc(C)cc(Nc2cc(C(=O)NCCc3ccccc3)nc(C)n2)c1. The number of carbonyl (C=O) groups excluding carboxylic acids is 1. The lowest BCUT2D eigenvalue weighted by molar-refractivity contribution is 0.0949. The van der Waals surface area contributed by atoms with Crippen molar-refractivity contribution in [3.05, 3.63) is 82.8 Å². The van der Waals surface area contributed by atoms with E-state index in [1.54, 1.807) is 13.0 Å². The van der Waals surface area contributed by atoms with Crippen molar-refractivity contribution < 1.29 is 4.79 Å². The summed E-state index contributed by atoms with van der Waals surface area (Å²) in [7, 11) is 0. The van der Waals surface area contributed by atoms with Crippen LogP contribution >= 0.6 is 0 Å². The summed E-state index contributed by atoms with van der Waals surface area (Å²) in [5.41, 5.74) is 4.83. The van der Waals surface area contributed by atoms with Gasteiger partial charge in [-0.2, -0.15) is 0 Å². The molecule has 0 radical (unpaired) electrons. The zero-order valence-corrected chi connectivity index (χ0v) is 15.9. The van der Waals surface area contributed by atoms with Gasteiger partial charge in [0.2, 0.25) is 0 Å². The second kappa shape index (κ2) is 8.45. The van der Waals surface area contributed by atoms with E-state index in [1.807, 2.05) is 42.5 Å². The van der Waals surface area contributed by atoms with Crippen LogP contribution in [0.3, 0.4) is 0 Å². The molecular formula is C22H24N4O. The van der Waals surface area contributed by atoms with Gasteiger partial charge in [0.25, 0.3) is 5.91 Å². The molecule has 27 heavy (non-hydrogen) atoms. The van der Waals surface area contributed by atoms with Crippen molar-refractivity contribution in [2.75, 3.05) is 11.9 Å². The first-order chi connectivity index (χ1) is 13.0. The standard InChI is InChI=1S/C22H24N4O/c1-15-11-16(2)13-19(12-15)26-21-14-20(24-17(3)25-21)22(27)23-10-9-18-7-5-4-6-8-18/h4-8,11-14H,9-10H2,1-3H3,(H,23,27)(H,24,25,26). The molecule has 2 N–H and O–H groups in total. The Balaban J connectivity index is 1.67. The molecule has 3 aromatic rings. The summed E-state index contributed by atoms with van der Waals surface area (Å²) in [6.45, 7) is 6.45. The van der Waals surface area contributed by atoms with Crippen LogP contribution in [0.2, 0.25) is 0 Å². The Morgan fingerprint density at radius 2 is 1.63 bits per heavy atom. The fourth-order valence-electron chi connectivity index (χ4n) is 3.00. The van der Waals surface area contributed by atoms with Crippen LogP contribution in [0.15, 0.2) is 54.6 Å². The highest BCUT2D eigenvalue weighted by molar-refractivity contribution is 5.93. The first-order valence-electron chi connectivity index (χ1n) is 9.03. The highest BCUT2D eigenvalue weighted by Crippen LogP contribution is 2.19. The third-order valence-electron chi connectivity index (χ3n) is 4.11. The van der Waals surface area contributed by atoms with E-state index < -0.39 is 0 Å². The molecule has 3 rings (SSSR count). The minimum absolute atomic E-state index is 0.195. The van der Waals surface area contributed by atoms with E-state index in [2.05, 4.69) is 40.5 Å². The Hall–Kier alpha value is -3.21. The van der Waals surface area contributed by atoms with Gasteiger partial charge in [-0.1, -0.05) is 36.4 Å². The maximum atomic E-state index is 12.5. The number of nitrogens with zero attached hydrogens (tertiary/aromatic N) is 2. The Bertz CT molecular complexity index is 918. The van der Waals surface area contributed by atoms with Gasteiger partial charge in [0.1, 0.15) is 17.3 Å². The molecule has 0 unspecified atom stereocenters. The third-order valence-corrected chi connectivity index (χ3v) is 4.11. The van der Waals surface area contributed by atoms with Crippen molar-refractivity contribution >= 4 is 17.4 Å². The quantitative estimate of drug-likeness (QED) is 0.694. The molecule has 0 spiro atoms. The Labute approximate surface area is 159 Å². The zero-order valence-electron chi connectivity index (χ0n) is 15.9. The second-order valence-corrected chi connectivity index (χ2v) is 6.68. The van der Waals surface area contributed by atoms with Crippen LogP contribution in [0.5, 0.6) is 0 Å². The summed E-state index contributed by atoms with van der Waals surface area (Å²) < 4.78 is 0. The van der Waals surface area contributed by atoms with Crippen LogP contribution in [0.4, 0.5) is 11.5 Å². The van der Waals surface area contributed by atoms with Crippen LogP contribution in [0.25, 0.3) is 0 Å². The van der Waals surface area contributed by atoms with Gasteiger partial charge in [-0.15, -0.1) is 0 Å². The molecule has 1 heterocycles. The van der Waals surface area contributed by atoms with Gasteiger partial charge in [0.15, 0.2) is 0 Å². The number of hydrogen-bond acceptors (Lipinski definition) is 4. The largest absolute Gasteiger partial charge is 0.350 e. The van der Waals surface area contributed by atoms with Crippen molar-refractivity contribution in [1.29, 1.82) is 0 Å². The van der Waals surface area contributed by atoms with Gasteiger partial charge in [-0.25, -0.2) is 9.97 Å². The molecular weight excluding hydrogens is 336 g/mol. The minimum atomic E-state index is -0.195. The van der Waals surface area contributed by atoms with Gasteiger partial charge in [0, 0.05) is 18.3 Å². The zero-order chi connectivity index (χ0) is 19.2. The van der Waals surface area contributed by atoms with Crippen molar-refractivity contribution in [3.63, 3.8) is 0 Å². The molecule has 0 saturated carbocycles. The second-order valence-electron chi connectivity index (χ2n) is 6.68. The number of hydrogen-bond donors (Lipinski definition) is 2. The maximum Gasteiger partial charge on any atom is 0.270 e. The average molecular weight is 360 g/mol. The highest BCUT2D eigenvalue weighted by Gasteiger charge is 2.10. The molecule has 0 fully saturated rings. The molecule has 0 saturated heterocycles. The molecule has 5 heteroatoms. The molecule has 0 bridgehead atoms. The van der Waals surface area contributed by atoms with Gasteiger partial charge in [-0.3, -0.25) is 4.79 Å². The molecule has 0 atom stereocenters. The van der Waals surface area contributed by atoms with Gasteiger partial charge >= 0.3 is 0 Å². The van der Waals surface area contributed by atoms with Crippen LogP contribution < -0.4 is 10.6 Å². The van der Waals surface area contributed by atoms with E-state index in [0.29, 0.717) is 23.9 Å². The Morgan fingerprint density at radius 3 is 2.33 bits per heavy atom. The lowest BCUT2D eigenvalue weighted by Crippen LogP contribution is -2.27. The summed E-state index contributed by atoms with van der Waals surface area (Å²) in [6, 6.07) is 18.0. The van der Waals surface area contributed by atoms with Crippen LogP contribution in [-0.2, 0) is 6.42 Å². The molecule has 1 aromatic heterocycles. The molecule has 1 amide bonds. The highest BCUT2D eigenvalue weighted by atomic mass is 16.1. The first-order valence-corrected chi connectivity index (χ1v) is 9.03. The van der Waals surface area contributed by atoms with Crippen LogP contribution in [0.1, 0.15) is 33.0 Å². The number of nitrogens with one attached hydrogen (secondary N) is 2. The number of aromatic nitrogens is 2. The van der Waals surface area contributed by atoms with Crippen molar-refractivity contribution in [2.45, 2.75) is 27.2 Å². The van der Waals surface area contributed by atoms with E-state index in [1.165, 1.54) is 16.7 Å². The number of carbonyl (C=O) groups is 1. The molecule has 5 nitrogen and oxygen atoms in total. The van der Waals surface area contributed by atoms with Gasteiger partial charge < -0.3 is 10.6 Å². The fraction of sp³-hybridized carbons (Fsp3) is 0.227. The smallest absolute Gasteiger partial charge is 0.270 e. The molecule has 2 aromatic carbocycles. The predicted molar refractivity (Wildman–Crippen MR) is 108 cm³/mol. The van der Waals surface area contributed by atoms with Crippen molar-refractivity contribution in [3.8, 4) is 0 Å². The van der Waals surface area contributed by atoms with Crippen LogP contribution in [-0.4, -0.2) is 22.4 Å². The summed E-state index contributed by atoms with van der Waals surface area (Å²) in [5, 5.41) is 6.20. The van der Waals surface area contributed by atoms with Gasteiger partial charge in [-0.05, 0) is 56.0 Å². The summed E-state index contributed by atoms with van der Waals surface area (Å²) in [5.74, 6) is 0.971. The van der Waals surface area contributed by atoms with Crippen molar-refractivity contribution in [1.82, 2.24) is 15.3 Å². The van der Waals surface area contributed by atoms with E-state index >= 15 is 0 Å². The van der Waals surface area contributed by atoms with E-state index in [0.717, 1.165) is 12.1 Å². The maximum absolute atomic E-state index is 12.5. The molecule has 0 aliphatic rings. The topological polar surface area (TPSA) is 66.9 Å². The molecule has 0 aliphatic heterocycles. The summed E-state index contributed by atoms with van der Waals surface area (Å²) >= 11 is 0. The van der Waals surface area contributed by atoms with E-state index in [-0.39, 0.29) is 5.91 Å². The minimum Gasteiger partial charge on any atom is -0.350 e. The monoisotopic (exact) mass is 360 g/mol. The number of amides is 1. The normalized spacial score (nSPS) is 10.5.